The van der Waals surface area contributed by atoms with Crippen molar-refractivity contribution in [1.29, 1.82) is 0 Å². The molecule has 0 radical (unpaired) electrons. The lowest BCUT2D eigenvalue weighted by molar-refractivity contribution is 0.0836. The van der Waals surface area contributed by atoms with Crippen LogP contribution in [0.1, 0.15) is 36.0 Å². The molecule has 1 aliphatic heterocycles. The van der Waals surface area contributed by atoms with E-state index in [0.717, 1.165) is 50.5 Å². The zero-order valence-corrected chi connectivity index (χ0v) is 12.5. The van der Waals surface area contributed by atoms with Gasteiger partial charge in [-0.05, 0) is 30.9 Å². The average molecular weight is 296 g/mol. The fraction of sp³-hybridized carbons (Fsp3) is 0.412. The van der Waals surface area contributed by atoms with Crippen molar-refractivity contribution in [2.75, 3.05) is 13.2 Å². The summed E-state index contributed by atoms with van der Waals surface area (Å²) in [6, 6.07) is 8.40. The first-order valence-electron chi connectivity index (χ1n) is 7.94. The highest BCUT2D eigenvalue weighted by atomic mass is 16.5. The maximum atomic E-state index is 5.40. The number of hydrogen-bond acceptors (Lipinski definition) is 3. The van der Waals surface area contributed by atoms with E-state index >= 15 is 0 Å². The second kappa shape index (κ2) is 5.93. The molecular formula is C17H20N4O. The molecule has 2 aromatic heterocycles. The number of fused-ring (bicyclic) bond motifs is 1. The van der Waals surface area contributed by atoms with Crippen LogP contribution in [0.3, 0.4) is 0 Å². The van der Waals surface area contributed by atoms with E-state index in [1.807, 2.05) is 0 Å². The topological polar surface area (TPSA) is 66.6 Å². The van der Waals surface area contributed by atoms with Crippen LogP contribution < -0.4 is 0 Å². The number of H-pyrrole nitrogens is 2. The van der Waals surface area contributed by atoms with Crippen molar-refractivity contribution in [3.05, 3.63) is 47.7 Å². The molecule has 22 heavy (non-hydrogen) atoms. The van der Waals surface area contributed by atoms with Crippen molar-refractivity contribution in [1.82, 2.24) is 20.2 Å². The third kappa shape index (κ3) is 2.64. The number of para-hydroxylation sites is 1. The normalized spacial score (nSPS) is 16.4. The Morgan fingerprint density at radius 1 is 1.14 bits per heavy atom. The van der Waals surface area contributed by atoms with Gasteiger partial charge in [0, 0.05) is 42.7 Å². The summed E-state index contributed by atoms with van der Waals surface area (Å²) in [4.78, 5) is 8.00. The van der Waals surface area contributed by atoms with Crippen LogP contribution in [0.5, 0.6) is 0 Å². The monoisotopic (exact) mass is 296 g/mol. The number of nitrogens with one attached hydrogen (secondary N) is 2. The highest BCUT2D eigenvalue weighted by molar-refractivity contribution is 5.83. The zero-order valence-electron chi connectivity index (χ0n) is 12.5. The summed E-state index contributed by atoms with van der Waals surface area (Å²) in [5, 5.41) is 8.80. The third-order valence-electron chi connectivity index (χ3n) is 4.44. The Balaban J connectivity index is 1.44. The Bertz CT molecular complexity index is 755. The van der Waals surface area contributed by atoms with Crippen molar-refractivity contribution in [3.63, 3.8) is 0 Å². The molecule has 0 spiro atoms. The molecule has 1 aromatic carbocycles. The van der Waals surface area contributed by atoms with Gasteiger partial charge in [-0.3, -0.25) is 5.10 Å². The molecule has 0 bridgehead atoms. The summed E-state index contributed by atoms with van der Waals surface area (Å²) in [5.41, 5.74) is 2.53. The Morgan fingerprint density at radius 3 is 2.91 bits per heavy atom. The molecule has 0 saturated carbocycles. The predicted molar refractivity (Wildman–Crippen MR) is 84.9 cm³/mol. The van der Waals surface area contributed by atoms with Crippen molar-refractivity contribution < 1.29 is 4.74 Å². The van der Waals surface area contributed by atoms with Crippen LogP contribution in [0.25, 0.3) is 10.9 Å². The van der Waals surface area contributed by atoms with Crippen LogP contribution in [-0.2, 0) is 17.6 Å². The minimum Gasteiger partial charge on any atom is -0.381 e. The fourth-order valence-electron chi connectivity index (χ4n) is 3.15. The van der Waals surface area contributed by atoms with Crippen LogP contribution >= 0.6 is 0 Å². The quantitative estimate of drug-likeness (QED) is 0.778. The maximum Gasteiger partial charge on any atom is 0.153 e. The lowest BCUT2D eigenvalue weighted by Crippen LogP contribution is -2.15. The number of ether oxygens (including phenoxy) is 1. The smallest absolute Gasteiger partial charge is 0.153 e. The summed E-state index contributed by atoms with van der Waals surface area (Å²) in [7, 11) is 0. The van der Waals surface area contributed by atoms with Gasteiger partial charge in [-0.2, -0.15) is 5.10 Å². The molecule has 0 atom stereocenters. The van der Waals surface area contributed by atoms with Crippen LogP contribution in [-0.4, -0.2) is 33.4 Å². The number of hydrogen-bond donors (Lipinski definition) is 2. The molecule has 3 heterocycles. The standard InChI is InChI=1S/C17H20N4O/c1-2-4-15-14(3-1)13(11-18-15)5-6-16-19-17(21-20-16)12-7-9-22-10-8-12/h1-4,11-12,18H,5-10H2,(H,19,20,21). The van der Waals surface area contributed by atoms with Crippen LogP contribution in [0.2, 0.25) is 0 Å². The van der Waals surface area contributed by atoms with E-state index in [1.54, 1.807) is 0 Å². The fourth-order valence-corrected chi connectivity index (χ4v) is 3.15. The first-order valence-corrected chi connectivity index (χ1v) is 7.94. The van der Waals surface area contributed by atoms with E-state index in [9.17, 15) is 0 Å². The van der Waals surface area contributed by atoms with Crippen LogP contribution in [0, 0.1) is 0 Å². The van der Waals surface area contributed by atoms with Gasteiger partial charge < -0.3 is 9.72 Å². The summed E-state index contributed by atoms with van der Waals surface area (Å²) >= 11 is 0. The highest BCUT2D eigenvalue weighted by Gasteiger charge is 2.20. The van der Waals surface area contributed by atoms with E-state index in [-0.39, 0.29) is 0 Å². The first-order chi connectivity index (χ1) is 10.9. The first kappa shape index (κ1) is 13.5. The molecule has 5 heteroatoms. The van der Waals surface area contributed by atoms with E-state index in [2.05, 4.69) is 50.6 Å². The van der Waals surface area contributed by atoms with E-state index in [1.165, 1.54) is 16.5 Å². The number of nitrogens with zero attached hydrogens (tertiary/aromatic N) is 2. The lowest BCUT2D eigenvalue weighted by atomic mass is 10.00. The molecular weight excluding hydrogens is 276 g/mol. The molecule has 0 unspecified atom stereocenters. The van der Waals surface area contributed by atoms with Crippen molar-refractivity contribution >= 4 is 10.9 Å². The van der Waals surface area contributed by atoms with Gasteiger partial charge in [-0.1, -0.05) is 18.2 Å². The molecule has 0 aliphatic carbocycles. The van der Waals surface area contributed by atoms with Crippen LogP contribution in [0.15, 0.2) is 30.5 Å². The van der Waals surface area contributed by atoms with Gasteiger partial charge in [-0.15, -0.1) is 0 Å². The van der Waals surface area contributed by atoms with E-state index in [0.29, 0.717) is 5.92 Å². The molecule has 114 valence electrons. The number of aryl methyl sites for hydroxylation is 2. The summed E-state index contributed by atoms with van der Waals surface area (Å²) < 4.78 is 5.40. The van der Waals surface area contributed by atoms with Crippen LogP contribution in [0.4, 0.5) is 0 Å². The van der Waals surface area contributed by atoms with Crippen molar-refractivity contribution in [2.45, 2.75) is 31.6 Å². The molecule has 1 aliphatic rings. The molecule has 4 rings (SSSR count). The zero-order chi connectivity index (χ0) is 14.8. The van der Waals surface area contributed by atoms with Crippen molar-refractivity contribution in [3.8, 4) is 0 Å². The SMILES string of the molecule is c1ccc2c(CCc3nc(C4CCOCC4)n[nH]3)c[nH]c2c1. The maximum absolute atomic E-state index is 5.40. The van der Waals surface area contributed by atoms with Gasteiger partial charge in [0.25, 0.3) is 0 Å². The van der Waals surface area contributed by atoms with E-state index in [4.69, 9.17) is 4.74 Å². The highest BCUT2D eigenvalue weighted by Crippen LogP contribution is 2.24. The third-order valence-corrected chi connectivity index (χ3v) is 4.44. The van der Waals surface area contributed by atoms with Gasteiger partial charge in [0.15, 0.2) is 5.82 Å². The second-order valence-electron chi connectivity index (χ2n) is 5.89. The summed E-state index contributed by atoms with van der Waals surface area (Å²) in [5.74, 6) is 2.39. The largest absolute Gasteiger partial charge is 0.381 e. The summed E-state index contributed by atoms with van der Waals surface area (Å²) in [6.45, 7) is 1.65. The van der Waals surface area contributed by atoms with Gasteiger partial charge in [0.1, 0.15) is 5.82 Å². The second-order valence-corrected chi connectivity index (χ2v) is 5.89. The average Bonchev–Trinajstić information content (AvgIpc) is 3.21. The molecule has 1 saturated heterocycles. The minimum atomic E-state index is 0.451. The summed E-state index contributed by atoms with van der Waals surface area (Å²) in [6.07, 6.45) is 6.00. The van der Waals surface area contributed by atoms with Gasteiger partial charge in [0.05, 0.1) is 0 Å². The molecule has 3 aromatic rings. The minimum absolute atomic E-state index is 0.451. The van der Waals surface area contributed by atoms with Gasteiger partial charge in [0.2, 0.25) is 0 Å². The van der Waals surface area contributed by atoms with Gasteiger partial charge >= 0.3 is 0 Å². The number of rotatable bonds is 4. The molecule has 1 fully saturated rings. The van der Waals surface area contributed by atoms with Crippen molar-refractivity contribution in [2.24, 2.45) is 0 Å². The predicted octanol–water partition coefficient (Wildman–Crippen LogP) is 2.97. The Kier molecular flexibility index (Phi) is 3.64. The Labute approximate surface area is 129 Å². The number of benzene rings is 1. The molecule has 2 N–H and O–H groups in total. The number of aromatic nitrogens is 4. The number of aromatic amines is 2. The Hall–Kier alpha value is -2.14. The molecule has 0 amide bonds. The molecule has 5 nitrogen and oxygen atoms in total. The lowest BCUT2D eigenvalue weighted by Gasteiger charge is -2.18. The Morgan fingerprint density at radius 2 is 2.00 bits per heavy atom. The van der Waals surface area contributed by atoms with E-state index < -0.39 is 0 Å². The van der Waals surface area contributed by atoms with Gasteiger partial charge in [-0.25, -0.2) is 4.98 Å².